The zero-order valence-corrected chi connectivity index (χ0v) is 12.2. The molecule has 6 heteroatoms. The van der Waals surface area contributed by atoms with E-state index < -0.39 is 5.91 Å². The molecule has 0 spiro atoms. The summed E-state index contributed by atoms with van der Waals surface area (Å²) in [5.41, 5.74) is 6.27. The van der Waals surface area contributed by atoms with Gasteiger partial charge in [0.25, 0.3) is 0 Å². The smallest absolute Gasteiger partial charge is 0.306 e. The van der Waals surface area contributed by atoms with Crippen LogP contribution >= 0.6 is 27.5 Å². The minimum Gasteiger partial charge on any atom is -0.466 e. The number of halogens is 2. The lowest BCUT2D eigenvalue weighted by molar-refractivity contribution is -0.143. The third-order valence-electron chi connectivity index (χ3n) is 2.32. The lowest BCUT2D eigenvalue weighted by atomic mass is 10.0. The molecule has 1 aromatic rings. The summed E-state index contributed by atoms with van der Waals surface area (Å²) < 4.78 is 5.49. The van der Waals surface area contributed by atoms with E-state index in [1.54, 1.807) is 13.0 Å². The SMILES string of the molecule is CCOC(=O)CCc1cc(Br)c(Cl)cc1C(N)=O. The van der Waals surface area contributed by atoms with E-state index in [0.29, 0.717) is 33.6 Å². The summed E-state index contributed by atoms with van der Waals surface area (Å²) in [4.78, 5) is 22.6. The number of carbonyl (C=O) groups excluding carboxylic acids is 2. The fourth-order valence-corrected chi connectivity index (χ4v) is 2.05. The third kappa shape index (κ3) is 3.99. The number of hydrogen-bond donors (Lipinski definition) is 1. The van der Waals surface area contributed by atoms with Crippen molar-refractivity contribution in [1.29, 1.82) is 0 Å². The molecule has 0 saturated heterocycles. The van der Waals surface area contributed by atoms with Crippen LogP contribution in [0.2, 0.25) is 5.02 Å². The Kier molecular flexibility index (Phi) is 5.62. The van der Waals surface area contributed by atoms with E-state index >= 15 is 0 Å². The van der Waals surface area contributed by atoms with Crippen molar-refractivity contribution in [2.24, 2.45) is 5.73 Å². The van der Waals surface area contributed by atoms with E-state index in [1.165, 1.54) is 6.07 Å². The Morgan fingerprint density at radius 3 is 2.67 bits per heavy atom. The molecule has 1 amide bonds. The third-order valence-corrected chi connectivity index (χ3v) is 3.51. The highest BCUT2D eigenvalue weighted by Crippen LogP contribution is 2.27. The monoisotopic (exact) mass is 333 g/mol. The molecule has 1 rings (SSSR count). The van der Waals surface area contributed by atoms with Crippen LogP contribution in [0.1, 0.15) is 29.3 Å². The number of benzene rings is 1. The van der Waals surface area contributed by atoms with Crippen LogP contribution in [0.5, 0.6) is 0 Å². The van der Waals surface area contributed by atoms with Gasteiger partial charge in [-0.25, -0.2) is 0 Å². The van der Waals surface area contributed by atoms with E-state index in [2.05, 4.69) is 15.9 Å². The molecule has 0 unspecified atom stereocenters. The van der Waals surface area contributed by atoms with Crippen LogP contribution in [0.3, 0.4) is 0 Å². The number of nitrogens with two attached hydrogens (primary N) is 1. The summed E-state index contributed by atoms with van der Waals surface area (Å²) in [6, 6.07) is 3.19. The molecule has 18 heavy (non-hydrogen) atoms. The number of ether oxygens (including phenoxy) is 1. The quantitative estimate of drug-likeness (QED) is 0.842. The second kappa shape index (κ2) is 6.75. The minimum atomic E-state index is -0.566. The number of rotatable bonds is 5. The lowest BCUT2D eigenvalue weighted by Crippen LogP contribution is -2.15. The van der Waals surface area contributed by atoms with Crippen LogP contribution in [0, 0.1) is 0 Å². The predicted molar refractivity (Wildman–Crippen MR) is 72.6 cm³/mol. The first-order valence-corrected chi connectivity index (χ1v) is 6.56. The standard InChI is InChI=1S/C12H13BrClNO3/c1-2-18-11(16)4-3-7-5-9(13)10(14)6-8(7)12(15)17/h5-6H,2-4H2,1H3,(H2,15,17). The van der Waals surface area contributed by atoms with E-state index in [0.717, 1.165) is 0 Å². The van der Waals surface area contributed by atoms with E-state index in [4.69, 9.17) is 22.1 Å². The van der Waals surface area contributed by atoms with Crippen molar-refractivity contribution >= 4 is 39.4 Å². The molecular formula is C12H13BrClNO3. The molecule has 0 aliphatic carbocycles. The van der Waals surface area contributed by atoms with Crippen molar-refractivity contribution in [2.75, 3.05) is 6.61 Å². The zero-order chi connectivity index (χ0) is 13.7. The van der Waals surface area contributed by atoms with Gasteiger partial charge in [0.05, 0.1) is 11.6 Å². The lowest BCUT2D eigenvalue weighted by Gasteiger charge is -2.08. The van der Waals surface area contributed by atoms with Crippen LogP contribution in [0.15, 0.2) is 16.6 Å². The van der Waals surface area contributed by atoms with E-state index in [9.17, 15) is 9.59 Å². The number of primary amides is 1. The summed E-state index contributed by atoms with van der Waals surface area (Å²) in [6.07, 6.45) is 0.578. The van der Waals surface area contributed by atoms with Gasteiger partial charge in [-0.3, -0.25) is 9.59 Å². The first-order valence-electron chi connectivity index (χ1n) is 5.39. The molecule has 0 aromatic heterocycles. The molecule has 0 fully saturated rings. The Labute approximate surface area is 119 Å². The molecule has 0 bridgehead atoms. The van der Waals surface area contributed by atoms with Crippen molar-refractivity contribution in [3.05, 3.63) is 32.8 Å². The number of amides is 1. The molecule has 0 heterocycles. The Balaban J connectivity index is 2.90. The van der Waals surface area contributed by atoms with Gasteiger partial charge in [0.15, 0.2) is 0 Å². The second-order valence-corrected chi connectivity index (χ2v) is 4.85. The predicted octanol–water partition coefficient (Wildman–Crippen LogP) is 2.70. The average molecular weight is 335 g/mol. The van der Waals surface area contributed by atoms with Gasteiger partial charge < -0.3 is 10.5 Å². The van der Waals surface area contributed by atoms with Gasteiger partial charge in [0, 0.05) is 16.5 Å². The summed E-state index contributed by atoms with van der Waals surface area (Å²) in [7, 11) is 0. The molecule has 98 valence electrons. The van der Waals surface area contributed by atoms with Crippen molar-refractivity contribution in [2.45, 2.75) is 19.8 Å². The van der Waals surface area contributed by atoms with Crippen LogP contribution in [-0.2, 0) is 16.0 Å². The highest BCUT2D eigenvalue weighted by Gasteiger charge is 2.13. The molecule has 0 aliphatic rings. The fraction of sp³-hybridized carbons (Fsp3) is 0.333. The number of esters is 1. The van der Waals surface area contributed by atoms with Crippen molar-refractivity contribution in [3.63, 3.8) is 0 Å². The molecular weight excluding hydrogens is 321 g/mol. The van der Waals surface area contributed by atoms with Gasteiger partial charge in [-0.2, -0.15) is 0 Å². The highest BCUT2D eigenvalue weighted by molar-refractivity contribution is 9.10. The maximum atomic E-state index is 11.3. The van der Waals surface area contributed by atoms with Crippen LogP contribution < -0.4 is 5.73 Å². The maximum Gasteiger partial charge on any atom is 0.306 e. The largest absolute Gasteiger partial charge is 0.466 e. The van der Waals surface area contributed by atoms with Crippen molar-refractivity contribution < 1.29 is 14.3 Å². The Bertz CT molecular complexity index is 477. The fourth-order valence-electron chi connectivity index (χ4n) is 1.49. The Morgan fingerprint density at radius 2 is 2.11 bits per heavy atom. The maximum absolute atomic E-state index is 11.3. The van der Waals surface area contributed by atoms with Crippen LogP contribution in [0.4, 0.5) is 0 Å². The van der Waals surface area contributed by atoms with Crippen LogP contribution in [0.25, 0.3) is 0 Å². The van der Waals surface area contributed by atoms with Gasteiger partial charge in [-0.1, -0.05) is 11.6 Å². The normalized spacial score (nSPS) is 10.2. The number of carbonyl (C=O) groups is 2. The second-order valence-electron chi connectivity index (χ2n) is 3.59. The Hall–Kier alpha value is -1.07. The van der Waals surface area contributed by atoms with Gasteiger partial charge >= 0.3 is 5.97 Å². The highest BCUT2D eigenvalue weighted by atomic mass is 79.9. The average Bonchev–Trinajstić information content (AvgIpc) is 2.30. The molecule has 1 aromatic carbocycles. The molecule has 0 saturated carbocycles. The molecule has 4 nitrogen and oxygen atoms in total. The van der Waals surface area contributed by atoms with Crippen molar-refractivity contribution in [3.8, 4) is 0 Å². The first-order chi connectivity index (χ1) is 8.45. The molecule has 0 atom stereocenters. The molecule has 2 N–H and O–H groups in total. The van der Waals surface area contributed by atoms with Gasteiger partial charge in [0.2, 0.25) is 5.91 Å². The van der Waals surface area contributed by atoms with E-state index in [-0.39, 0.29) is 12.4 Å². The number of aryl methyl sites for hydroxylation is 1. The molecule has 0 aliphatic heterocycles. The summed E-state index contributed by atoms with van der Waals surface area (Å²) in [5.74, 6) is -0.873. The first kappa shape index (κ1) is 15.0. The summed E-state index contributed by atoms with van der Waals surface area (Å²) >= 11 is 9.16. The summed E-state index contributed by atoms with van der Waals surface area (Å²) in [6.45, 7) is 2.08. The van der Waals surface area contributed by atoms with E-state index in [1.807, 2.05) is 0 Å². The molecule has 0 radical (unpaired) electrons. The number of hydrogen-bond acceptors (Lipinski definition) is 3. The van der Waals surface area contributed by atoms with Gasteiger partial charge in [-0.05, 0) is 47.0 Å². The summed E-state index contributed by atoms with van der Waals surface area (Å²) in [5, 5.41) is 0.406. The van der Waals surface area contributed by atoms with Gasteiger partial charge in [-0.15, -0.1) is 0 Å². The van der Waals surface area contributed by atoms with Crippen molar-refractivity contribution in [1.82, 2.24) is 0 Å². The van der Waals surface area contributed by atoms with Gasteiger partial charge in [0.1, 0.15) is 0 Å². The minimum absolute atomic E-state index is 0.197. The zero-order valence-electron chi connectivity index (χ0n) is 9.83. The Morgan fingerprint density at radius 1 is 1.44 bits per heavy atom. The van der Waals surface area contributed by atoms with Crippen LogP contribution in [-0.4, -0.2) is 18.5 Å². The topological polar surface area (TPSA) is 69.4 Å².